The summed E-state index contributed by atoms with van der Waals surface area (Å²) in [5.74, 6) is 0.305. The van der Waals surface area contributed by atoms with Crippen molar-refractivity contribution in [3.8, 4) is 5.75 Å². The topological polar surface area (TPSA) is 310 Å². The molecule has 3 aromatic rings. The third kappa shape index (κ3) is 13.1. The van der Waals surface area contributed by atoms with Gasteiger partial charge in [-0.3, -0.25) is 23.7 Å². The molecule has 1 saturated heterocycles. The number of aromatic nitrogens is 2. The Morgan fingerprint density at radius 1 is 1.05 bits per heavy atom. The molecule has 2 aliphatic rings. The first kappa shape index (κ1) is 47.6. The molecular weight excluding hydrogens is 865 g/mol. The number of amides is 1. The fourth-order valence-corrected chi connectivity index (χ4v) is 9.68. The molecule has 1 aromatic heterocycles. The van der Waals surface area contributed by atoms with Crippen molar-refractivity contribution in [1.82, 2.24) is 14.9 Å². The molecule has 0 spiro atoms. The van der Waals surface area contributed by atoms with Crippen molar-refractivity contribution in [2.24, 2.45) is 10.2 Å². The summed E-state index contributed by atoms with van der Waals surface area (Å²) < 4.78 is 58.5. The number of aryl methyl sites for hydroxylation is 1. The quantitative estimate of drug-likeness (QED) is 0.0661. The number of hydrogen-bond donors (Lipinski definition) is 7. The largest absolute Gasteiger partial charge is 0.494 e. The number of hydrogen-bond acceptors (Lipinski definition) is 15. The summed E-state index contributed by atoms with van der Waals surface area (Å²) in [7, 11) is -15.3. The van der Waals surface area contributed by atoms with Crippen molar-refractivity contribution >= 4 is 58.1 Å². The fourth-order valence-electron chi connectivity index (χ4n) is 6.65. The van der Waals surface area contributed by atoms with Crippen LogP contribution in [0.1, 0.15) is 63.0 Å². The van der Waals surface area contributed by atoms with Crippen LogP contribution < -0.4 is 26.2 Å². The van der Waals surface area contributed by atoms with E-state index < -0.39 is 59.8 Å². The first-order valence-electron chi connectivity index (χ1n) is 18.5. The Bertz CT molecular complexity index is 2460. The number of anilines is 1. The van der Waals surface area contributed by atoms with Crippen LogP contribution in [0.3, 0.4) is 0 Å². The molecule has 5 atom stereocenters. The summed E-state index contributed by atoms with van der Waals surface area (Å²) in [5, 5.41) is 22.1. The van der Waals surface area contributed by atoms with Gasteiger partial charge in [-0.05, 0) is 57.9 Å². The minimum atomic E-state index is -5.77. The molecule has 2 aromatic carbocycles. The van der Waals surface area contributed by atoms with Gasteiger partial charge in [0.1, 0.15) is 23.8 Å². The number of carbonyl (C=O) groups excluding carboxylic acids is 1. The summed E-state index contributed by atoms with van der Waals surface area (Å²) in [5.41, 5.74) is 3.28. The molecule has 0 radical (unpaired) electrons. The SMILES string of the molecule is COc1cc2c(cc1/N=N/c1ccc(C)cc1)C(C)=CC(C)(C)N2CCCC(=O)NC/C=C/c1cn([C@H]2C[C@H](O)[C@@H](COP(=O)(O)OP(=O)(O)OP(=O)(O)O)O2)c(=O)[nH]c1=O. The van der Waals surface area contributed by atoms with Crippen LogP contribution in [-0.2, 0) is 36.4 Å². The minimum Gasteiger partial charge on any atom is -0.494 e. The molecule has 1 fully saturated rings. The Balaban J connectivity index is 1.15. The van der Waals surface area contributed by atoms with Gasteiger partial charge in [0, 0.05) is 49.4 Å². The van der Waals surface area contributed by atoms with Crippen LogP contribution in [0.15, 0.2) is 74.6 Å². The number of aromatic amines is 1. The number of benzene rings is 2. The van der Waals surface area contributed by atoms with Crippen molar-refractivity contribution < 1.29 is 65.8 Å². The number of ether oxygens (including phenoxy) is 2. The highest BCUT2D eigenvalue weighted by molar-refractivity contribution is 7.66. The molecule has 22 nitrogen and oxygen atoms in total. The maximum Gasteiger partial charge on any atom is 0.490 e. The predicted octanol–water partition coefficient (Wildman–Crippen LogP) is 4.87. The van der Waals surface area contributed by atoms with Gasteiger partial charge >= 0.3 is 29.2 Å². The number of rotatable bonds is 18. The lowest BCUT2D eigenvalue weighted by Crippen LogP contribution is -2.45. The van der Waals surface area contributed by atoms with Crippen molar-refractivity contribution in [2.75, 3.05) is 31.7 Å². The van der Waals surface area contributed by atoms with E-state index in [4.69, 9.17) is 19.3 Å². The average Bonchev–Trinajstić information content (AvgIpc) is 3.52. The monoisotopic (exact) mass is 912 g/mol. The number of fused-ring (bicyclic) bond motifs is 1. The van der Waals surface area contributed by atoms with E-state index in [0.717, 1.165) is 33.2 Å². The number of phosphoric acid groups is 3. The van der Waals surface area contributed by atoms with Crippen LogP contribution in [0.4, 0.5) is 17.1 Å². The second-order valence-corrected chi connectivity index (χ2v) is 19.0. The number of H-pyrrole nitrogens is 1. The maximum absolute atomic E-state index is 12.9. The molecule has 0 bridgehead atoms. The van der Waals surface area contributed by atoms with Gasteiger partial charge in [0.05, 0.1) is 36.6 Å². The second-order valence-electron chi connectivity index (χ2n) is 14.6. The highest BCUT2D eigenvalue weighted by Gasteiger charge is 2.43. The van der Waals surface area contributed by atoms with Gasteiger partial charge in [-0.2, -0.15) is 13.7 Å². The van der Waals surface area contributed by atoms with Crippen LogP contribution in [0, 0.1) is 6.92 Å². The number of phosphoric ester groups is 1. The van der Waals surface area contributed by atoms with Crippen LogP contribution in [0.25, 0.3) is 11.6 Å². The maximum atomic E-state index is 12.9. The third-order valence-electron chi connectivity index (χ3n) is 9.41. The van der Waals surface area contributed by atoms with E-state index >= 15 is 0 Å². The molecule has 2 aliphatic heterocycles. The van der Waals surface area contributed by atoms with Crippen LogP contribution in [-0.4, -0.2) is 84.7 Å². The Morgan fingerprint density at radius 2 is 1.75 bits per heavy atom. The molecule has 2 unspecified atom stereocenters. The number of azo groups is 1. The zero-order valence-electron chi connectivity index (χ0n) is 33.6. The molecule has 0 aliphatic carbocycles. The molecule has 7 N–H and O–H groups in total. The van der Waals surface area contributed by atoms with E-state index in [1.54, 1.807) is 7.11 Å². The standard InChI is InChI=1S/C36H47N6O16P3/c1-22-10-12-25(13-11-22)39-40-27-16-26-23(2)19-36(3,4)42(28(26)17-30(27)54-5)15-7-9-32(44)37-14-6-8-24-20-41(35(46)38-34(24)45)33-18-29(43)31(56-33)21-55-60(50,51)58-61(52,53)57-59(47,48)49/h6,8,10-13,16-17,19-20,29,31,33,43H,7,9,14-15,18,21H2,1-5H3,(H,37,44)(H,50,51)(H,52,53)(H,38,45,46)(H2,47,48,49)/b8-6+,40-39+/t29-,31+,33+/m0/s1. The zero-order valence-corrected chi connectivity index (χ0v) is 36.3. The summed E-state index contributed by atoms with van der Waals surface area (Å²) in [4.78, 5) is 78.7. The molecule has 25 heteroatoms. The van der Waals surface area contributed by atoms with E-state index in [1.165, 1.54) is 12.2 Å². The van der Waals surface area contributed by atoms with Gasteiger partial charge in [0.25, 0.3) is 5.56 Å². The molecule has 5 rings (SSSR count). The number of methoxy groups -OCH3 is 1. The van der Waals surface area contributed by atoms with Gasteiger partial charge in [-0.25, -0.2) is 18.5 Å². The van der Waals surface area contributed by atoms with Crippen molar-refractivity contribution in [1.29, 1.82) is 0 Å². The minimum absolute atomic E-state index is 0.0202. The number of aliphatic hydroxyl groups excluding tert-OH is 1. The number of aliphatic hydroxyl groups is 1. The van der Waals surface area contributed by atoms with Gasteiger partial charge in [-0.1, -0.05) is 35.9 Å². The lowest BCUT2D eigenvalue weighted by molar-refractivity contribution is -0.120. The van der Waals surface area contributed by atoms with E-state index in [1.807, 2.05) is 50.2 Å². The number of nitrogens with one attached hydrogen (secondary N) is 2. The lowest BCUT2D eigenvalue weighted by atomic mass is 9.88. The van der Waals surface area contributed by atoms with E-state index in [0.29, 0.717) is 30.1 Å². The Morgan fingerprint density at radius 3 is 2.43 bits per heavy atom. The average molecular weight is 913 g/mol. The zero-order chi connectivity index (χ0) is 44.9. The normalized spacial score (nSPS) is 20.9. The number of carbonyl (C=O) groups is 1. The van der Waals surface area contributed by atoms with Gasteiger partial charge in [-0.15, -0.1) is 5.11 Å². The fraction of sp³-hybridized carbons (Fsp3) is 0.417. The Kier molecular flexibility index (Phi) is 15.1. The van der Waals surface area contributed by atoms with Crippen LogP contribution in [0.5, 0.6) is 5.75 Å². The first-order chi connectivity index (χ1) is 28.5. The van der Waals surface area contributed by atoms with Gasteiger partial charge in [0.15, 0.2) is 0 Å². The first-order valence-corrected chi connectivity index (χ1v) is 23.1. The van der Waals surface area contributed by atoms with Crippen molar-refractivity contribution in [2.45, 2.75) is 70.9 Å². The Hall–Kier alpha value is -4.40. The predicted molar refractivity (Wildman–Crippen MR) is 220 cm³/mol. The summed E-state index contributed by atoms with van der Waals surface area (Å²) in [6.45, 7) is 7.83. The van der Waals surface area contributed by atoms with Gasteiger partial charge in [0.2, 0.25) is 5.91 Å². The second kappa shape index (κ2) is 19.3. The smallest absolute Gasteiger partial charge is 0.490 e. The highest BCUT2D eigenvalue weighted by atomic mass is 31.3. The summed E-state index contributed by atoms with van der Waals surface area (Å²) in [6, 6.07) is 11.6. The van der Waals surface area contributed by atoms with E-state index in [9.17, 15) is 43.0 Å². The van der Waals surface area contributed by atoms with Crippen molar-refractivity contribution in [3.05, 3.63) is 92.3 Å². The number of allylic oxidation sites excluding steroid dienone is 1. The molecule has 61 heavy (non-hydrogen) atoms. The van der Waals surface area contributed by atoms with Gasteiger partial charge < -0.3 is 44.4 Å². The molecule has 0 saturated carbocycles. The Labute approximate surface area is 349 Å². The van der Waals surface area contributed by atoms with Crippen LogP contribution in [0.2, 0.25) is 0 Å². The van der Waals surface area contributed by atoms with E-state index in [2.05, 4.69) is 58.5 Å². The molecular formula is C36H47N6O16P3. The summed E-state index contributed by atoms with van der Waals surface area (Å²) in [6.07, 6.45) is 2.50. The molecule has 3 heterocycles. The third-order valence-corrected chi connectivity index (χ3v) is 13.2. The molecule has 332 valence electrons. The lowest BCUT2D eigenvalue weighted by Gasteiger charge is -2.43. The van der Waals surface area contributed by atoms with Crippen LogP contribution >= 0.6 is 23.5 Å². The number of nitrogens with zero attached hydrogens (tertiary/aromatic N) is 4. The molecule has 1 amide bonds. The van der Waals surface area contributed by atoms with Crippen molar-refractivity contribution in [3.63, 3.8) is 0 Å². The summed E-state index contributed by atoms with van der Waals surface area (Å²) >= 11 is 0. The van der Waals surface area contributed by atoms with E-state index in [-0.39, 0.29) is 36.4 Å². The highest BCUT2D eigenvalue weighted by Crippen LogP contribution is 2.66.